The number of aromatic nitrogens is 3. The molecule has 0 aliphatic heterocycles. The van der Waals surface area contributed by atoms with Crippen molar-refractivity contribution in [1.82, 2.24) is 13.7 Å². The molecule has 0 saturated heterocycles. The highest BCUT2D eigenvalue weighted by Gasteiger charge is 2.20. The molecular formula is C50H29N5. The van der Waals surface area contributed by atoms with Gasteiger partial charge in [0.15, 0.2) is 0 Å². The van der Waals surface area contributed by atoms with Crippen LogP contribution in [0.1, 0.15) is 11.1 Å². The van der Waals surface area contributed by atoms with Gasteiger partial charge in [-0.2, -0.15) is 10.5 Å². The lowest BCUT2D eigenvalue weighted by Crippen LogP contribution is -1.99. The number of fused-ring (bicyclic) bond motifs is 9. The molecule has 0 unspecified atom stereocenters. The molecule has 0 spiro atoms. The quantitative estimate of drug-likeness (QED) is 0.184. The van der Waals surface area contributed by atoms with Gasteiger partial charge in [-0.25, -0.2) is 0 Å². The minimum absolute atomic E-state index is 0.601. The molecule has 254 valence electrons. The van der Waals surface area contributed by atoms with E-state index in [4.69, 9.17) is 0 Å². The zero-order valence-corrected chi connectivity index (χ0v) is 29.5. The van der Waals surface area contributed by atoms with Gasteiger partial charge in [-0.05, 0) is 90.5 Å². The Morgan fingerprint density at radius 3 is 1.55 bits per heavy atom. The fourth-order valence-corrected chi connectivity index (χ4v) is 8.77. The Hall–Kier alpha value is -7.86. The van der Waals surface area contributed by atoms with E-state index in [2.05, 4.69) is 165 Å². The van der Waals surface area contributed by atoms with Crippen molar-refractivity contribution in [1.29, 1.82) is 10.5 Å². The highest BCUT2D eigenvalue weighted by atomic mass is 15.0. The van der Waals surface area contributed by atoms with E-state index in [0.29, 0.717) is 11.1 Å². The van der Waals surface area contributed by atoms with Gasteiger partial charge >= 0.3 is 0 Å². The Kier molecular flexibility index (Phi) is 6.61. The van der Waals surface area contributed by atoms with Gasteiger partial charge in [-0.3, -0.25) is 0 Å². The van der Waals surface area contributed by atoms with E-state index in [0.717, 1.165) is 71.8 Å². The average molecular weight is 700 g/mol. The molecule has 0 aliphatic rings. The summed E-state index contributed by atoms with van der Waals surface area (Å²) in [5.74, 6) is 0. The number of hydrogen-bond acceptors (Lipinski definition) is 2. The molecule has 5 nitrogen and oxygen atoms in total. The Morgan fingerprint density at radius 1 is 0.364 bits per heavy atom. The van der Waals surface area contributed by atoms with Crippen molar-refractivity contribution in [2.75, 3.05) is 0 Å². The van der Waals surface area contributed by atoms with Crippen molar-refractivity contribution in [2.45, 2.75) is 0 Å². The van der Waals surface area contributed by atoms with Crippen LogP contribution in [0.15, 0.2) is 176 Å². The van der Waals surface area contributed by atoms with Gasteiger partial charge in [0.25, 0.3) is 0 Å². The fraction of sp³-hybridized carbons (Fsp3) is 0. The second kappa shape index (κ2) is 11.8. The molecule has 8 aromatic carbocycles. The number of nitriles is 2. The van der Waals surface area contributed by atoms with Gasteiger partial charge in [-0.1, -0.05) is 91.0 Å². The van der Waals surface area contributed by atoms with Crippen LogP contribution in [0.2, 0.25) is 0 Å². The van der Waals surface area contributed by atoms with Crippen LogP contribution in [-0.2, 0) is 0 Å². The smallest absolute Gasteiger partial charge is 0.0998 e. The van der Waals surface area contributed by atoms with E-state index >= 15 is 0 Å². The first kappa shape index (κ1) is 30.7. The van der Waals surface area contributed by atoms with Crippen LogP contribution in [0.5, 0.6) is 0 Å². The van der Waals surface area contributed by atoms with Crippen LogP contribution in [-0.4, -0.2) is 13.7 Å². The first-order valence-electron chi connectivity index (χ1n) is 18.3. The van der Waals surface area contributed by atoms with Gasteiger partial charge < -0.3 is 13.7 Å². The summed E-state index contributed by atoms with van der Waals surface area (Å²) >= 11 is 0. The molecule has 11 aromatic rings. The van der Waals surface area contributed by atoms with E-state index < -0.39 is 0 Å². The van der Waals surface area contributed by atoms with E-state index in [1.54, 1.807) is 0 Å². The highest BCUT2D eigenvalue weighted by molar-refractivity contribution is 6.13. The molecule has 5 heteroatoms. The average Bonchev–Trinajstić information content (AvgIpc) is 3.89. The number of nitrogens with zero attached hydrogens (tertiary/aromatic N) is 5. The lowest BCUT2D eigenvalue weighted by molar-refractivity contribution is 1.16. The van der Waals surface area contributed by atoms with Gasteiger partial charge in [0, 0.05) is 49.3 Å². The standard InChI is InChI=1S/C50H29N5/c51-30-32-20-26-47(41(28-32)33-21-23-35(24-22-33)53-46-18-8-4-14-40(46)50-34(31-52)10-9-19-49(50)53)55-45-17-7-3-13-39(45)42-29-36(25-27-48(42)55)54-43-15-5-1-11-37(43)38-12-2-6-16-44(38)54/h1-29H. The minimum Gasteiger partial charge on any atom is -0.309 e. The van der Waals surface area contributed by atoms with E-state index in [-0.39, 0.29) is 0 Å². The Morgan fingerprint density at radius 2 is 0.891 bits per heavy atom. The van der Waals surface area contributed by atoms with E-state index in [1.165, 1.54) is 21.8 Å². The van der Waals surface area contributed by atoms with Crippen molar-refractivity contribution < 1.29 is 0 Å². The summed E-state index contributed by atoms with van der Waals surface area (Å²) in [4.78, 5) is 0. The van der Waals surface area contributed by atoms with Crippen molar-refractivity contribution in [2.24, 2.45) is 0 Å². The third-order valence-electron chi connectivity index (χ3n) is 11.1. The summed E-state index contributed by atoms with van der Waals surface area (Å²) in [6.07, 6.45) is 0. The SMILES string of the molecule is N#Cc1ccc(-n2c3ccccc3c3cc(-n4c5ccccc5c5ccccc54)ccc32)c(-c2ccc(-n3c4ccccc4c4c(C#N)cccc43)cc2)c1. The van der Waals surface area contributed by atoms with Crippen molar-refractivity contribution in [3.05, 3.63) is 187 Å². The lowest BCUT2D eigenvalue weighted by atomic mass is 10.00. The summed E-state index contributed by atoms with van der Waals surface area (Å²) in [6.45, 7) is 0. The fourth-order valence-electron chi connectivity index (χ4n) is 8.77. The molecule has 0 saturated carbocycles. The summed E-state index contributed by atoms with van der Waals surface area (Å²) in [5, 5.41) is 26.8. The normalized spacial score (nSPS) is 11.6. The van der Waals surface area contributed by atoms with E-state index in [9.17, 15) is 10.5 Å². The molecule has 0 N–H and O–H groups in total. The molecule has 3 aromatic heterocycles. The zero-order valence-electron chi connectivity index (χ0n) is 29.5. The molecule has 0 bridgehead atoms. The highest BCUT2D eigenvalue weighted by Crippen LogP contribution is 2.40. The molecule has 0 aliphatic carbocycles. The summed E-state index contributed by atoms with van der Waals surface area (Å²) in [5.41, 5.74) is 12.9. The number of benzene rings is 8. The third kappa shape index (κ3) is 4.45. The maximum absolute atomic E-state index is 10.1. The molecule has 11 rings (SSSR count). The summed E-state index contributed by atoms with van der Waals surface area (Å²) < 4.78 is 6.92. The van der Waals surface area contributed by atoms with Gasteiger partial charge in [-0.15, -0.1) is 0 Å². The van der Waals surface area contributed by atoms with Crippen LogP contribution in [0.25, 0.3) is 93.6 Å². The molecule has 0 amide bonds. The minimum atomic E-state index is 0.601. The Balaban J connectivity index is 1.10. The van der Waals surface area contributed by atoms with Crippen LogP contribution >= 0.6 is 0 Å². The molecular weight excluding hydrogens is 671 g/mol. The van der Waals surface area contributed by atoms with Crippen molar-refractivity contribution in [3.8, 4) is 40.3 Å². The molecule has 0 radical (unpaired) electrons. The van der Waals surface area contributed by atoms with Crippen LogP contribution in [0.4, 0.5) is 0 Å². The number of rotatable bonds is 4. The predicted molar refractivity (Wildman–Crippen MR) is 224 cm³/mol. The van der Waals surface area contributed by atoms with Crippen LogP contribution in [0, 0.1) is 22.7 Å². The topological polar surface area (TPSA) is 62.4 Å². The first-order chi connectivity index (χ1) is 27.2. The van der Waals surface area contributed by atoms with Crippen LogP contribution in [0.3, 0.4) is 0 Å². The molecule has 3 heterocycles. The maximum Gasteiger partial charge on any atom is 0.0998 e. The third-order valence-corrected chi connectivity index (χ3v) is 11.1. The maximum atomic E-state index is 10.1. The van der Waals surface area contributed by atoms with Crippen molar-refractivity contribution >= 4 is 65.4 Å². The number of hydrogen-bond donors (Lipinski definition) is 0. The van der Waals surface area contributed by atoms with Crippen molar-refractivity contribution in [3.63, 3.8) is 0 Å². The number of para-hydroxylation sites is 4. The molecule has 55 heavy (non-hydrogen) atoms. The van der Waals surface area contributed by atoms with E-state index in [1.807, 2.05) is 36.4 Å². The largest absolute Gasteiger partial charge is 0.309 e. The predicted octanol–water partition coefficient (Wildman–Crippen LogP) is 12.4. The Labute approximate surface area is 316 Å². The molecule has 0 fully saturated rings. The second-order valence-electron chi connectivity index (χ2n) is 14.0. The summed E-state index contributed by atoms with van der Waals surface area (Å²) in [6, 6.07) is 66.0. The molecule has 0 atom stereocenters. The van der Waals surface area contributed by atoms with Gasteiger partial charge in [0.1, 0.15) is 0 Å². The second-order valence-corrected chi connectivity index (χ2v) is 14.0. The van der Waals surface area contributed by atoms with Gasteiger partial charge in [0.2, 0.25) is 0 Å². The van der Waals surface area contributed by atoms with Crippen LogP contribution < -0.4 is 0 Å². The Bertz CT molecular complexity index is 3400. The lowest BCUT2D eigenvalue weighted by Gasteiger charge is -2.16. The zero-order chi connectivity index (χ0) is 36.6. The van der Waals surface area contributed by atoms with Gasteiger partial charge in [0.05, 0.1) is 62.1 Å². The first-order valence-corrected chi connectivity index (χ1v) is 18.3. The monoisotopic (exact) mass is 699 g/mol. The summed E-state index contributed by atoms with van der Waals surface area (Å²) in [7, 11) is 0.